The van der Waals surface area contributed by atoms with Crippen LogP contribution in [0.2, 0.25) is 0 Å². The minimum Gasteiger partial charge on any atom is -0.377 e. The molecule has 2 rings (SSSR count). The van der Waals surface area contributed by atoms with E-state index in [1.807, 2.05) is 31.7 Å². The topological polar surface area (TPSA) is 66.0 Å². The molecule has 0 unspecified atom stereocenters. The van der Waals surface area contributed by atoms with E-state index in [9.17, 15) is 4.79 Å². The molecule has 1 amide bonds. The number of methoxy groups -OCH3 is 1. The molecular formula is C20H33IN4O2. The number of hydrogen-bond donors (Lipinski definition) is 2. The molecule has 0 aliphatic carbocycles. The molecule has 0 radical (unpaired) electrons. The Morgan fingerprint density at radius 2 is 2.04 bits per heavy atom. The quantitative estimate of drug-likeness (QED) is 0.336. The van der Waals surface area contributed by atoms with Gasteiger partial charge in [0.05, 0.1) is 12.1 Å². The van der Waals surface area contributed by atoms with Crippen LogP contribution in [0.1, 0.15) is 44.7 Å². The minimum atomic E-state index is -0.252. The summed E-state index contributed by atoms with van der Waals surface area (Å²) in [5.41, 5.74) is 2.04. The van der Waals surface area contributed by atoms with Crippen molar-refractivity contribution in [2.45, 2.75) is 52.3 Å². The van der Waals surface area contributed by atoms with Crippen molar-refractivity contribution in [1.29, 1.82) is 0 Å². The first kappa shape index (κ1) is 23.7. The molecule has 1 fully saturated rings. The molecule has 1 saturated heterocycles. The summed E-state index contributed by atoms with van der Waals surface area (Å²) in [6.45, 7) is 9.74. The summed E-state index contributed by atoms with van der Waals surface area (Å²) in [4.78, 5) is 18.4. The fraction of sp³-hybridized carbons (Fsp3) is 0.600. The van der Waals surface area contributed by atoms with Crippen LogP contribution in [0.15, 0.2) is 29.3 Å². The van der Waals surface area contributed by atoms with Crippen molar-refractivity contribution in [3.63, 3.8) is 0 Å². The number of hydrogen-bond acceptors (Lipinski definition) is 3. The van der Waals surface area contributed by atoms with E-state index in [-0.39, 0.29) is 35.5 Å². The largest absolute Gasteiger partial charge is 0.377 e. The van der Waals surface area contributed by atoms with E-state index < -0.39 is 0 Å². The second-order valence-corrected chi connectivity index (χ2v) is 7.25. The van der Waals surface area contributed by atoms with Crippen molar-refractivity contribution in [1.82, 2.24) is 15.5 Å². The first-order valence-electron chi connectivity index (χ1n) is 9.36. The standard InChI is InChI=1S/C20H32N4O2.HI/c1-5-21-19(23-15-20(2,3)26-4)22-13-16-8-6-9-17(12-16)14-24-11-7-10-18(24)25;/h6,8-9,12H,5,7,10-11,13-15H2,1-4H3,(H2,21,22,23);1H. The van der Waals surface area contributed by atoms with Crippen LogP contribution in [0, 0.1) is 0 Å². The van der Waals surface area contributed by atoms with Crippen LogP contribution >= 0.6 is 24.0 Å². The minimum absolute atomic E-state index is 0. The first-order valence-corrected chi connectivity index (χ1v) is 9.36. The number of rotatable bonds is 8. The molecule has 27 heavy (non-hydrogen) atoms. The SMILES string of the molecule is CCNC(=NCc1cccc(CN2CCCC2=O)c1)NCC(C)(C)OC.I. The maximum absolute atomic E-state index is 11.8. The van der Waals surface area contributed by atoms with Crippen LogP contribution in [0.25, 0.3) is 0 Å². The predicted molar refractivity (Wildman–Crippen MR) is 120 cm³/mol. The van der Waals surface area contributed by atoms with Gasteiger partial charge in [-0.15, -0.1) is 24.0 Å². The molecule has 1 aliphatic rings. The summed E-state index contributed by atoms with van der Waals surface area (Å²) in [6.07, 6.45) is 1.65. The van der Waals surface area contributed by atoms with Crippen molar-refractivity contribution in [3.05, 3.63) is 35.4 Å². The van der Waals surface area contributed by atoms with Gasteiger partial charge >= 0.3 is 0 Å². The maximum Gasteiger partial charge on any atom is 0.222 e. The molecule has 1 aromatic carbocycles. The van der Waals surface area contributed by atoms with E-state index in [1.165, 1.54) is 0 Å². The Labute approximate surface area is 180 Å². The van der Waals surface area contributed by atoms with Crippen molar-refractivity contribution >= 4 is 35.8 Å². The normalized spacial score (nSPS) is 14.9. The fourth-order valence-electron chi connectivity index (χ4n) is 2.80. The van der Waals surface area contributed by atoms with E-state index in [2.05, 4.69) is 33.8 Å². The van der Waals surface area contributed by atoms with E-state index >= 15 is 0 Å². The number of nitrogens with zero attached hydrogens (tertiary/aromatic N) is 2. The molecule has 0 aromatic heterocycles. The number of carbonyl (C=O) groups excluding carboxylic acids is 1. The number of aliphatic imine (C=N–C) groups is 1. The third-order valence-corrected chi connectivity index (χ3v) is 4.53. The molecule has 1 aliphatic heterocycles. The van der Waals surface area contributed by atoms with Crippen LogP contribution in [0.4, 0.5) is 0 Å². The number of likely N-dealkylation sites (tertiary alicyclic amines) is 1. The van der Waals surface area contributed by atoms with Gasteiger partial charge in [-0.25, -0.2) is 4.99 Å². The molecule has 0 saturated carbocycles. The van der Waals surface area contributed by atoms with Crippen LogP contribution in [0.3, 0.4) is 0 Å². The Hall–Kier alpha value is -1.35. The monoisotopic (exact) mass is 488 g/mol. The van der Waals surface area contributed by atoms with Crippen molar-refractivity contribution < 1.29 is 9.53 Å². The number of benzene rings is 1. The molecule has 1 aromatic rings. The lowest BCUT2D eigenvalue weighted by Crippen LogP contribution is -2.45. The van der Waals surface area contributed by atoms with Gasteiger partial charge in [-0.1, -0.05) is 24.3 Å². The Morgan fingerprint density at radius 3 is 2.67 bits per heavy atom. The van der Waals surface area contributed by atoms with Crippen molar-refractivity contribution in [2.75, 3.05) is 26.7 Å². The van der Waals surface area contributed by atoms with Crippen LogP contribution in [-0.4, -0.2) is 49.1 Å². The first-order chi connectivity index (χ1) is 12.4. The predicted octanol–water partition coefficient (Wildman–Crippen LogP) is 2.91. The number of ether oxygens (including phenoxy) is 1. The summed E-state index contributed by atoms with van der Waals surface area (Å²) in [6, 6.07) is 8.32. The molecule has 0 spiro atoms. The Bertz CT molecular complexity index is 634. The van der Waals surface area contributed by atoms with Crippen molar-refractivity contribution in [2.24, 2.45) is 4.99 Å². The number of halogens is 1. The lowest BCUT2D eigenvalue weighted by atomic mass is 10.1. The van der Waals surface area contributed by atoms with Crippen LogP contribution in [-0.2, 0) is 22.6 Å². The maximum atomic E-state index is 11.8. The molecular weight excluding hydrogens is 455 g/mol. The number of amides is 1. The van der Waals surface area contributed by atoms with Gasteiger partial charge in [0.25, 0.3) is 0 Å². The van der Waals surface area contributed by atoms with Gasteiger partial charge in [-0.3, -0.25) is 4.79 Å². The Balaban J connectivity index is 0.00000364. The Morgan fingerprint density at radius 1 is 1.30 bits per heavy atom. The number of carbonyl (C=O) groups is 1. The average Bonchev–Trinajstić information content (AvgIpc) is 3.02. The smallest absolute Gasteiger partial charge is 0.222 e. The number of guanidine groups is 1. The lowest BCUT2D eigenvalue weighted by Gasteiger charge is -2.24. The molecule has 2 N–H and O–H groups in total. The van der Waals surface area contributed by atoms with Gasteiger partial charge in [0.2, 0.25) is 5.91 Å². The summed E-state index contributed by atoms with van der Waals surface area (Å²) in [5, 5.41) is 6.58. The third kappa shape index (κ3) is 8.04. The zero-order valence-corrected chi connectivity index (χ0v) is 19.2. The van der Waals surface area contributed by atoms with Gasteiger partial charge in [-0.2, -0.15) is 0 Å². The molecule has 152 valence electrons. The highest BCUT2D eigenvalue weighted by atomic mass is 127. The molecule has 7 heteroatoms. The van der Waals surface area contributed by atoms with E-state index in [0.29, 0.717) is 26.1 Å². The third-order valence-electron chi connectivity index (χ3n) is 4.53. The summed E-state index contributed by atoms with van der Waals surface area (Å²) in [5.74, 6) is 1.03. The van der Waals surface area contributed by atoms with E-state index in [0.717, 1.165) is 36.6 Å². The second kappa shape index (κ2) is 11.5. The van der Waals surface area contributed by atoms with Gasteiger partial charge in [-0.05, 0) is 38.3 Å². The lowest BCUT2D eigenvalue weighted by molar-refractivity contribution is -0.128. The highest BCUT2D eigenvalue weighted by molar-refractivity contribution is 14.0. The van der Waals surface area contributed by atoms with Gasteiger partial charge in [0, 0.05) is 39.7 Å². The van der Waals surface area contributed by atoms with E-state index in [4.69, 9.17) is 4.74 Å². The fourth-order valence-corrected chi connectivity index (χ4v) is 2.80. The number of nitrogens with one attached hydrogen (secondary N) is 2. The second-order valence-electron chi connectivity index (χ2n) is 7.25. The van der Waals surface area contributed by atoms with Crippen LogP contribution < -0.4 is 10.6 Å². The molecule has 6 nitrogen and oxygen atoms in total. The zero-order valence-electron chi connectivity index (χ0n) is 16.9. The highest BCUT2D eigenvalue weighted by Crippen LogP contribution is 2.15. The zero-order chi connectivity index (χ0) is 19.0. The van der Waals surface area contributed by atoms with Gasteiger partial charge < -0.3 is 20.3 Å². The highest BCUT2D eigenvalue weighted by Gasteiger charge is 2.20. The van der Waals surface area contributed by atoms with Gasteiger partial charge in [0.1, 0.15) is 0 Å². The van der Waals surface area contributed by atoms with Gasteiger partial charge in [0.15, 0.2) is 5.96 Å². The van der Waals surface area contributed by atoms with Crippen LogP contribution in [0.5, 0.6) is 0 Å². The molecule has 0 atom stereocenters. The summed E-state index contributed by atoms with van der Waals surface area (Å²) >= 11 is 0. The van der Waals surface area contributed by atoms with E-state index in [1.54, 1.807) is 7.11 Å². The average molecular weight is 488 g/mol. The molecule has 1 heterocycles. The summed E-state index contributed by atoms with van der Waals surface area (Å²) < 4.78 is 5.44. The Kier molecular flexibility index (Phi) is 10.1. The molecule has 0 bridgehead atoms. The summed E-state index contributed by atoms with van der Waals surface area (Å²) in [7, 11) is 1.71. The van der Waals surface area contributed by atoms with Crippen molar-refractivity contribution in [3.8, 4) is 0 Å².